The number of likely N-dealkylation sites (tertiary alicyclic amines) is 1. The minimum Gasteiger partial charge on any atom is -0.341 e. The number of carbonyl (C=O) groups excluding carboxylic acids is 1. The van der Waals surface area contributed by atoms with Gasteiger partial charge in [-0.1, -0.05) is 85.3 Å². The first kappa shape index (κ1) is 22.6. The molecular formula is C28H31ClN2O. The molecule has 1 amide bonds. The Labute approximate surface area is 196 Å². The highest BCUT2D eigenvalue weighted by atomic mass is 35.5. The molecule has 1 aliphatic heterocycles. The molecule has 3 aromatic rings. The molecule has 1 saturated heterocycles. The molecule has 166 valence electrons. The minimum atomic E-state index is -0.161. The van der Waals surface area contributed by atoms with Gasteiger partial charge >= 0.3 is 0 Å². The van der Waals surface area contributed by atoms with Crippen molar-refractivity contribution in [3.05, 3.63) is 95.0 Å². The lowest BCUT2D eigenvalue weighted by molar-refractivity contribution is -0.134. The van der Waals surface area contributed by atoms with Gasteiger partial charge in [-0.3, -0.25) is 4.79 Å². The van der Waals surface area contributed by atoms with Crippen LogP contribution in [0.1, 0.15) is 43.2 Å². The fraction of sp³-hybridized carbons (Fsp3) is 0.321. The van der Waals surface area contributed by atoms with Gasteiger partial charge in [0.2, 0.25) is 5.91 Å². The van der Waals surface area contributed by atoms with E-state index >= 15 is 0 Å². The third-order valence-electron chi connectivity index (χ3n) is 6.50. The highest BCUT2D eigenvalue weighted by Crippen LogP contribution is 2.29. The lowest BCUT2D eigenvalue weighted by Crippen LogP contribution is -2.48. The Morgan fingerprint density at radius 3 is 2.31 bits per heavy atom. The molecule has 4 rings (SSSR count). The quantitative estimate of drug-likeness (QED) is 0.463. The number of amides is 1. The van der Waals surface area contributed by atoms with Gasteiger partial charge in [0.1, 0.15) is 0 Å². The second-order valence-corrected chi connectivity index (χ2v) is 8.95. The molecule has 0 radical (unpaired) electrons. The highest BCUT2D eigenvalue weighted by molar-refractivity contribution is 6.30. The van der Waals surface area contributed by atoms with Crippen LogP contribution in [0.2, 0.25) is 5.02 Å². The summed E-state index contributed by atoms with van der Waals surface area (Å²) in [7, 11) is 0. The molecule has 1 fully saturated rings. The number of benzene rings is 3. The molecule has 0 saturated carbocycles. The van der Waals surface area contributed by atoms with Crippen molar-refractivity contribution in [2.75, 3.05) is 13.1 Å². The number of halogens is 1. The first-order chi connectivity index (χ1) is 15.7. The van der Waals surface area contributed by atoms with Crippen molar-refractivity contribution in [2.24, 2.45) is 0 Å². The summed E-state index contributed by atoms with van der Waals surface area (Å²) in [5.74, 6) is 0.723. The highest BCUT2D eigenvalue weighted by Gasteiger charge is 2.28. The third kappa shape index (κ3) is 5.40. The van der Waals surface area contributed by atoms with Crippen molar-refractivity contribution >= 4 is 17.5 Å². The van der Waals surface area contributed by atoms with Gasteiger partial charge in [-0.25, -0.2) is 0 Å². The maximum atomic E-state index is 13.2. The van der Waals surface area contributed by atoms with Gasteiger partial charge in [0.05, 0.1) is 6.04 Å². The van der Waals surface area contributed by atoms with Crippen molar-refractivity contribution in [2.45, 2.75) is 44.7 Å². The molecule has 1 N–H and O–H groups in total. The Bertz CT molecular complexity index is 1010. The lowest BCUT2D eigenvalue weighted by Gasteiger charge is -2.34. The number of rotatable bonds is 7. The second-order valence-electron chi connectivity index (χ2n) is 8.52. The number of piperidine rings is 1. The third-order valence-corrected chi connectivity index (χ3v) is 6.75. The number of nitrogens with zero attached hydrogens (tertiary/aromatic N) is 1. The van der Waals surface area contributed by atoms with Gasteiger partial charge in [-0.2, -0.15) is 0 Å². The van der Waals surface area contributed by atoms with Gasteiger partial charge < -0.3 is 10.2 Å². The number of hydrogen-bond donors (Lipinski definition) is 1. The molecule has 4 heteroatoms. The molecule has 0 spiro atoms. The van der Waals surface area contributed by atoms with E-state index in [1.807, 2.05) is 23.1 Å². The predicted octanol–water partition coefficient (Wildman–Crippen LogP) is 6.28. The van der Waals surface area contributed by atoms with Crippen LogP contribution >= 0.6 is 11.6 Å². The van der Waals surface area contributed by atoms with Crippen LogP contribution in [0.25, 0.3) is 11.1 Å². The van der Waals surface area contributed by atoms with Gasteiger partial charge in [-0.05, 0) is 59.6 Å². The van der Waals surface area contributed by atoms with Crippen LogP contribution in [0, 0.1) is 0 Å². The second kappa shape index (κ2) is 10.8. The summed E-state index contributed by atoms with van der Waals surface area (Å²) in [6.45, 7) is 4.38. The van der Waals surface area contributed by atoms with Crippen molar-refractivity contribution in [3.63, 3.8) is 0 Å². The zero-order valence-corrected chi connectivity index (χ0v) is 19.4. The van der Waals surface area contributed by atoms with Gasteiger partial charge in [0.25, 0.3) is 0 Å². The Balaban J connectivity index is 1.36. The fourth-order valence-electron chi connectivity index (χ4n) is 4.60. The summed E-state index contributed by atoms with van der Waals surface area (Å²) in [6.07, 6.45) is 2.78. The molecular weight excluding hydrogens is 416 g/mol. The number of nitrogens with one attached hydrogen (secondary N) is 1. The zero-order chi connectivity index (χ0) is 22.3. The SMILES string of the molecule is CC[C@@H](NCc1ccccc1-c1ccccc1)C(=O)N1CCC(c2ccc(Cl)cc2)CC1. The van der Waals surface area contributed by atoms with Gasteiger partial charge in [0, 0.05) is 24.7 Å². The smallest absolute Gasteiger partial charge is 0.239 e. The molecule has 3 nitrogen and oxygen atoms in total. The number of carbonyl (C=O) groups is 1. The Hall–Kier alpha value is -2.62. The van der Waals surface area contributed by atoms with Crippen molar-refractivity contribution < 1.29 is 4.79 Å². The summed E-state index contributed by atoms with van der Waals surface area (Å²) >= 11 is 6.02. The van der Waals surface area contributed by atoms with E-state index in [2.05, 4.69) is 72.9 Å². The van der Waals surface area contributed by atoms with E-state index < -0.39 is 0 Å². The van der Waals surface area contributed by atoms with E-state index in [0.717, 1.165) is 37.4 Å². The molecule has 0 bridgehead atoms. The van der Waals surface area contributed by atoms with E-state index in [1.165, 1.54) is 22.3 Å². The zero-order valence-electron chi connectivity index (χ0n) is 18.6. The van der Waals surface area contributed by atoms with Gasteiger partial charge in [-0.15, -0.1) is 0 Å². The van der Waals surface area contributed by atoms with Crippen molar-refractivity contribution in [1.82, 2.24) is 10.2 Å². The molecule has 1 atom stereocenters. The summed E-state index contributed by atoms with van der Waals surface area (Å²) in [5.41, 5.74) is 4.95. The molecule has 32 heavy (non-hydrogen) atoms. The molecule has 1 heterocycles. The topological polar surface area (TPSA) is 32.3 Å². The molecule has 0 aromatic heterocycles. The maximum absolute atomic E-state index is 13.2. The summed E-state index contributed by atoms with van der Waals surface area (Å²) < 4.78 is 0. The van der Waals surface area contributed by atoms with Crippen LogP contribution in [0.5, 0.6) is 0 Å². The number of hydrogen-bond acceptors (Lipinski definition) is 2. The van der Waals surface area contributed by atoms with Crippen LogP contribution in [-0.2, 0) is 11.3 Å². The average Bonchev–Trinajstić information content (AvgIpc) is 2.85. The Morgan fingerprint density at radius 1 is 0.969 bits per heavy atom. The molecule has 0 aliphatic carbocycles. The van der Waals surface area contributed by atoms with Crippen LogP contribution in [0.4, 0.5) is 0 Å². The molecule has 0 unspecified atom stereocenters. The fourth-order valence-corrected chi connectivity index (χ4v) is 4.73. The summed E-state index contributed by atoms with van der Waals surface area (Å²) in [6, 6.07) is 26.8. The predicted molar refractivity (Wildman–Crippen MR) is 133 cm³/mol. The average molecular weight is 447 g/mol. The first-order valence-electron chi connectivity index (χ1n) is 11.6. The van der Waals surface area contributed by atoms with Crippen LogP contribution in [0.3, 0.4) is 0 Å². The first-order valence-corrected chi connectivity index (χ1v) is 11.9. The Kier molecular flexibility index (Phi) is 7.62. The molecule has 1 aliphatic rings. The van der Waals surface area contributed by atoms with Crippen LogP contribution in [-0.4, -0.2) is 29.9 Å². The van der Waals surface area contributed by atoms with Crippen molar-refractivity contribution in [1.29, 1.82) is 0 Å². The largest absolute Gasteiger partial charge is 0.341 e. The van der Waals surface area contributed by atoms with Gasteiger partial charge in [0.15, 0.2) is 0 Å². The van der Waals surface area contributed by atoms with E-state index in [1.54, 1.807) is 0 Å². The van der Waals surface area contributed by atoms with E-state index in [9.17, 15) is 4.79 Å². The minimum absolute atomic E-state index is 0.161. The van der Waals surface area contributed by atoms with E-state index in [-0.39, 0.29) is 11.9 Å². The maximum Gasteiger partial charge on any atom is 0.239 e. The van der Waals surface area contributed by atoms with E-state index in [4.69, 9.17) is 11.6 Å². The van der Waals surface area contributed by atoms with E-state index in [0.29, 0.717) is 12.5 Å². The normalized spacial score (nSPS) is 15.5. The monoisotopic (exact) mass is 446 g/mol. The summed E-state index contributed by atoms with van der Waals surface area (Å²) in [4.78, 5) is 15.3. The Morgan fingerprint density at radius 2 is 1.62 bits per heavy atom. The van der Waals surface area contributed by atoms with Crippen molar-refractivity contribution in [3.8, 4) is 11.1 Å². The lowest BCUT2D eigenvalue weighted by atomic mass is 9.89. The standard InChI is InChI=1S/C28H31ClN2O/c1-2-27(30-20-24-10-6-7-11-26(24)23-8-4-3-5-9-23)28(32)31-18-16-22(17-19-31)21-12-14-25(29)15-13-21/h3-15,22,27,30H,2,16-20H2,1H3/t27-/m1/s1. The van der Waals surface area contributed by atoms with Crippen LogP contribution in [0.15, 0.2) is 78.9 Å². The summed E-state index contributed by atoms with van der Waals surface area (Å²) in [5, 5.41) is 4.31. The van der Waals surface area contributed by atoms with Crippen LogP contribution < -0.4 is 5.32 Å². The molecule has 3 aromatic carbocycles.